The Hall–Kier alpha value is -4.56. The van der Waals surface area contributed by atoms with Crippen LogP contribution in [-0.4, -0.2) is 52.8 Å². The van der Waals surface area contributed by atoms with E-state index in [-0.39, 0.29) is 17.6 Å². The van der Waals surface area contributed by atoms with Gasteiger partial charge in [-0.05, 0) is 69.7 Å². The summed E-state index contributed by atoms with van der Waals surface area (Å²) in [6.07, 6.45) is 1.85. The van der Waals surface area contributed by atoms with E-state index in [0.29, 0.717) is 22.4 Å². The third-order valence-corrected chi connectivity index (χ3v) is 8.13. The quantitative estimate of drug-likeness (QED) is 0.107. The maximum absolute atomic E-state index is 12.9. The predicted molar refractivity (Wildman–Crippen MR) is 186 cm³/mol. The monoisotopic (exact) mass is 644 g/mol. The van der Waals surface area contributed by atoms with Gasteiger partial charge < -0.3 is 19.3 Å². The number of benzene rings is 3. The highest BCUT2D eigenvalue weighted by molar-refractivity contribution is 8.00. The third-order valence-electron chi connectivity index (χ3n) is 6.77. The maximum Gasteiger partial charge on any atom is 0.338 e. The first-order chi connectivity index (χ1) is 22.0. The molecule has 0 aliphatic carbocycles. The van der Waals surface area contributed by atoms with E-state index < -0.39 is 30.1 Å². The first-order valence-electron chi connectivity index (χ1n) is 15.1. The molecule has 1 fully saturated rings. The lowest BCUT2D eigenvalue weighted by Crippen LogP contribution is -2.39. The minimum Gasteiger partial charge on any atom is -0.508 e. The zero-order valence-corrected chi connectivity index (χ0v) is 28.3. The summed E-state index contributed by atoms with van der Waals surface area (Å²) in [5.74, 6) is -0.955. The molecule has 3 aromatic carbocycles. The van der Waals surface area contributed by atoms with Crippen molar-refractivity contribution in [3.63, 3.8) is 0 Å². The third kappa shape index (κ3) is 11.7. The van der Waals surface area contributed by atoms with E-state index in [9.17, 15) is 14.4 Å². The Bertz CT molecular complexity index is 1490. The van der Waals surface area contributed by atoms with Crippen molar-refractivity contribution in [2.45, 2.75) is 59.0 Å². The van der Waals surface area contributed by atoms with E-state index in [2.05, 4.69) is 13.2 Å². The van der Waals surface area contributed by atoms with Gasteiger partial charge in [-0.2, -0.15) is 0 Å². The molecule has 1 aliphatic rings. The Morgan fingerprint density at radius 2 is 1.20 bits per heavy atom. The molecule has 3 aromatic rings. The molecule has 46 heavy (non-hydrogen) atoms. The molecule has 0 bridgehead atoms. The second-order valence-electron chi connectivity index (χ2n) is 10.4. The molecule has 0 unspecified atom stereocenters. The number of allylic oxidation sites excluding steroid dienone is 3. The molecule has 1 aliphatic heterocycles. The molecule has 4 rings (SSSR count). The number of hydrogen-bond donors (Lipinski definition) is 1. The van der Waals surface area contributed by atoms with Crippen molar-refractivity contribution < 1.29 is 33.7 Å². The highest BCUT2D eigenvalue weighted by atomic mass is 32.2. The summed E-state index contributed by atoms with van der Waals surface area (Å²) >= 11 is 1.45. The summed E-state index contributed by atoms with van der Waals surface area (Å²) in [6, 6.07) is 21.2. The van der Waals surface area contributed by atoms with Gasteiger partial charge in [-0.25, -0.2) is 14.4 Å². The number of carbonyl (C=O) groups is 3. The van der Waals surface area contributed by atoms with E-state index in [1.165, 1.54) is 11.8 Å². The van der Waals surface area contributed by atoms with E-state index in [0.717, 1.165) is 22.3 Å². The molecule has 8 heteroatoms. The fraction of sp³-hybridized carbons (Fsp3) is 0.289. The molecule has 0 amide bonds. The van der Waals surface area contributed by atoms with E-state index >= 15 is 0 Å². The minimum atomic E-state index is -0.774. The minimum absolute atomic E-state index is 0.0157. The first-order valence-corrected chi connectivity index (χ1v) is 16.1. The molecular formula is C38H44O7S. The summed E-state index contributed by atoms with van der Waals surface area (Å²) in [7, 11) is 0. The number of thioether (sulfide) groups is 1. The number of carbonyl (C=O) groups excluding carboxylic acids is 3. The average Bonchev–Trinajstić information content (AvgIpc) is 3.42. The molecule has 1 N–H and O–H groups in total. The SMILES string of the molecule is C=C/C=C(\C)C(=C)O.CC.Cc1ccc(C(=O)OC[C@@H]2SC[C@@H](OC(=O)c3ccc(C)cc3)[C@H]2OC(=O)c2ccc(C)cc2)cc1. The van der Waals surface area contributed by atoms with Crippen molar-refractivity contribution in [3.8, 4) is 0 Å². The number of esters is 3. The van der Waals surface area contributed by atoms with Gasteiger partial charge in [-0.15, -0.1) is 11.8 Å². The Morgan fingerprint density at radius 3 is 1.59 bits per heavy atom. The molecule has 1 heterocycles. The molecule has 0 spiro atoms. The van der Waals surface area contributed by atoms with Gasteiger partial charge in [0.2, 0.25) is 0 Å². The van der Waals surface area contributed by atoms with Gasteiger partial charge >= 0.3 is 17.9 Å². The van der Waals surface area contributed by atoms with Gasteiger partial charge in [0.15, 0.2) is 6.10 Å². The predicted octanol–water partition coefficient (Wildman–Crippen LogP) is 8.55. The van der Waals surface area contributed by atoms with Gasteiger partial charge in [-0.1, -0.05) is 92.2 Å². The van der Waals surface area contributed by atoms with Crippen LogP contribution in [0, 0.1) is 20.8 Å². The highest BCUT2D eigenvalue weighted by Crippen LogP contribution is 2.33. The summed E-state index contributed by atoms with van der Waals surface area (Å²) in [6.45, 7) is 18.4. The number of hydrogen-bond acceptors (Lipinski definition) is 8. The molecule has 1 saturated heterocycles. The Balaban J connectivity index is 0.000000643. The Morgan fingerprint density at radius 1 is 0.783 bits per heavy atom. The van der Waals surface area contributed by atoms with Gasteiger partial charge in [-0.3, -0.25) is 0 Å². The molecular weight excluding hydrogens is 600 g/mol. The van der Waals surface area contributed by atoms with Crippen LogP contribution < -0.4 is 0 Å². The van der Waals surface area contributed by atoms with Crippen LogP contribution in [0.25, 0.3) is 0 Å². The normalized spacial score (nSPS) is 16.8. The zero-order valence-electron chi connectivity index (χ0n) is 27.4. The van der Waals surface area contributed by atoms with Gasteiger partial charge in [0, 0.05) is 5.75 Å². The Kier molecular flexibility index (Phi) is 15.6. The Labute approximate surface area is 277 Å². The summed E-state index contributed by atoms with van der Waals surface area (Å²) < 4.78 is 17.2. The maximum atomic E-state index is 12.9. The van der Waals surface area contributed by atoms with Crippen LogP contribution in [-0.2, 0) is 14.2 Å². The molecule has 3 atom stereocenters. The van der Waals surface area contributed by atoms with Crippen LogP contribution in [0.3, 0.4) is 0 Å². The number of aliphatic hydroxyl groups excluding tert-OH is 1. The van der Waals surface area contributed by atoms with Crippen molar-refractivity contribution >= 4 is 29.7 Å². The van der Waals surface area contributed by atoms with Crippen LogP contribution in [0.2, 0.25) is 0 Å². The molecule has 0 saturated carbocycles. The first kappa shape index (κ1) is 37.6. The van der Waals surface area contributed by atoms with Crippen LogP contribution in [0.15, 0.2) is 109 Å². The fourth-order valence-electron chi connectivity index (χ4n) is 4.02. The summed E-state index contributed by atoms with van der Waals surface area (Å²) in [5.41, 5.74) is 5.11. The van der Waals surface area contributed by atoms with Crippen molar-refractivity contribution in [2.75, 3.05) is 12.4 Å². The number of rotatable bonds is 9. The molecule has 0 aromatic heterocycles. The topological polar surface area (TPSA) is 99.1 Å². The molecule has 244 valence electrons. The van der Waals surface area contributed by atoms with Crippen molar-refractivity contribution in [2.24, 2.45) is 0 Å². The number of aliphatic hydroxyl groups is 1. The van der Waals surface area contributed by atoms with Crippen molar-refractivity contribution in [1.29, 1.82) is 0 Å². The summed E-state index contributed by atoms with van der Waals surface area (Å²) in [5, 5.41) is 8.26. The summed E-state index contributed by atoms with van der Waals surface area (Å²) in [4.78, 5) is 38.2. The van der Waals surface area contributed by atoms with Crippen LogP contribution in [0.5, 0.6) is 0 Å². The lowest BCUT2D eigenvalue weighted by atomic mass is 10.1. The van der Waals surface area contributed by atoms with Crippen molar-refractivity contribution in [1.82, 2.24) is 0 Å². The zero-order chi connectivity index (χ0) is 34.2. The second kappa shape index (κ2) is 19.1. The van der Waals surface area contributed by atoms with E-state index in [1.807, 2.05) is 71.0 Å². The van der Waals surface area contributed by atoms with Crippen LogP contribution in [0.4, 0.5) is 0 Å². The lowest BCUT2D eigenvalue weighted by molar-refractivity contribution is -0.0295. The lowest BCUT2D eigenvalue weighted by Gasteiger charge is -2.24. The van der Waals surface area contributed by atoms with Gasteiger partial charge in [0.25, 0.3) is 0 Å². The van der Waals surface area contributed by atoms with E-state index in [1.54, 1.807) is 55.5 Å². The smallest absolute Gasteiger partial charge is 0.338 e. The van der Waals surface area contributed by atoms with E-state index in [4.69, 9.17) is 19.3 Å². The second-order valence-corrected chi connectivity index (χ2v) is 11.7. The van der Waals surface area contributed by atoms with Crippen molar-refractivity contribution in [3.05, 3.63) is 143 Å². The standard InChI is InChI=1S/C29H28O6S.C7H10O.C2H6/c1-18-4-10-21(11-5-18)27(30)33-16-25-26(35-29(32)23-14-8-20(3)9-15-23)24(17-36-25)34-28(31)22-12-6-19(2)7-13-22;1-4-5-6(2)7(3)8;1-2/h4-15,24-26H,16-17H2,1-3H3;4-5,8H,1,3H2,2H3;1-2H3/b;6-5+;/t24-,25+,26-;;/m1../s1. The molecule has 0 radical (unpaired) electrons. The largest absolute Gasteiger partial charge is 0.508 e. The number of ether oxygens (including phenoxy) is 3. The number of aryl methyl sites for hydroxylation is 3. The highest BCUT2D eigenvalue weighted by Gasteiger charge is 2.43. The molecule has 7 nitrogen and oxygen atoms in total. The fourth-order valence-corrected chi connectivity index (χ4v) is 5.30. The van der Waals surface area contributed by atoms with Crippen LogP contribution in [0.1, 0.15) is 68.5 Å². The van der Waals surface area contributed by atoms with Gasteiger partial charge in [0.1, 0.15) is 18.5 Å². The van der Waals surface area contributed by atoms with Crippen LogP contribution >= 0.6 is 11.8 Å². The average molecular weight is 645 g/mol. The van der Waals surface area contributed by atoms with Gasteiger partial charge in [0.05, 0.1) is 21.9 Å².